The zero-order valence-electron chi connectivity index (χ0n) is 15.1. The number of carbonyl (C=O) groups is 3. The largest absolute Gasteiger partial charge is 0.466 e. The number of esters is 3. The maximum Gasteiger partial charge on any atom is 0.339 e. The van der Waals surface area contributed by atoms with Crippen molar-refractivity contribution in [3.8, 4) is 0 Å². The molecule has 3 N–H and O–H groups in total. The molecule has 0 fully saturated rings. The molecule has 0 saturated heterocycles. The van der Waals surface area contributed by atoms with E-state index in [0.717, 1.165) is 7.11 Å². The molecule has 2 aliphatic rings. The number of cyclic esters (lactones) is 1. The molecule has 0 aliphatic carbocycles. The van der Waals surface area contributed by atoms with Crippen LogP contribution in [0, 0.1) is 0 Å². The van der Waals surface area contributed by atoms with Gasteiger partial charge in [-0.15, -0.1) is 0 Å². The van der Waals surface area contributed by atoms with Gasteiger partial charge in [-0.3, -0.25) is 0 Å². The van der Waals surface area contributed by atoms with E-state index in [1.165, 1.54) is 13.0 Å². The van der Waals surface area contributed by atoms with Crippen LogP contribution in [0.1, 0.15) is 12.5 Å². The van der Waals surface area contributed by atoms with Crippen molar-refractivity contribution < 1.29 is 28.6 Å². The fourth-order valence-electron chi connectivity index (χ4n) is 3.45. The number of rotatable bonds is 4. The van der Waals surface area contributed by atoms with Crippen molar-refractivity contribution in [2.45, 2.75) is 12.3 Å². The normalized spacial score (nSPS) is 20.5. The lowest BCUT2D eigenvalue weighted by molar-refractivity contribution is -0.146. The number of carbonyl (C=O) groups excluding carboxylic acids is 3. The Balaban J connectivity index is 2.39. The Labute approximate surface area is 169 Å². The summed E-state index contributed by atoms with van der Waals surface area (Å²) in [5, 5.41) is 2.88. The fraction of sp³-hybridized carbons (Fsp3) is 0.211. The third kappa shape index (κ3) is 2.70. The third-order valence-electron chi connectivity index (χ3n) is 4.50. The lowest BCUT2D eigenvalue weighted by atomic mass is 9.67. The molecule has 3 rings (SSSR count). The SMILES string of the molecule is C=CCOC(=O)C1=C(C)OC(=O)C12C(C(=O)OC)=C(N)Nc1ccc(Br)cc12. The van der Waals surface area contributed by atoms with Crippen molar-refractivity contribution >= 4 is 39.5 Å². The Bertz CT molecular complexity index is 981. The number of hydrogen-bond donors (Lipinski definition) is 2. The molecule has 1 atom stereocenters. The summed E-state index contributed by atoms with van der Waals surface area (Å²) in [7, 11) is 1.15. The molecule has 0 amide bonds. The molecular weight excluding hydrogens is 432 g/mol. The van der Waals surface area contributed by atoms with Gasteiger partial charge in [-0.2, -0.15) is 0 Å². The Hall–Kier alpha value is -3.07. The molecule has 2 heterocycles. The first-order chi connectivity index (χ1) is 13.3. The number of halogens is 1. The number of ether oxygens (including phenoxy) is 3. The Morgan fingerprint density at radius 1 is 1.36 bits per heavy atom. The van der Waals surface area contributed by atoms with Crippen molar-refractivity contribution in [1.82, 2.24) is 0 Å². The molecule has 1 aromatic rings. The van der Waals surface area contributed by atoms with Gasteiger partial charge >= 0.3 is 17.9 Å². The number of benzene rings is 1. The summed E-state index contributed by atoms with van der Waals surface area (Å²) in [6, 6.07) is 5.00. The summed E-state index contributed by atoms with van der Waals surface area (Å²) >= 11 is 3.36. The van der Waals surface area contributed by atoms with Gasteiger partial charge in [-0.1, -0.05) is 28.6 Å². The maximum absolute atomic E-state index is 13.2. The zero-order valence-corrected chi connectivity index (χ0v) is 16.7. The van der Waals surface area contributed by atoms with Crippen LogP contribution >= 0.6 is 15.9 Å². The highest BCUT2D eigenvalue weighted by Gasteiger charge is 2.62. The maximum atomic E-state index is 13.2. The molecule has 1 unspecified atom stereocenters. The van der Waals surface area contributed by atoms with E-state index in [1.54, 1.807) is 18.2 Å². The van der Waals surface area contributed by atoms with Crippen LogP contribution in [0.5, 0.6) is 0 Å². The van der Waals surface area contributed by atoms with E-state index in [-0.39, 0.29) is 29.3 Å². The molecule has 2 aliphatic heterocycles. The van der Waals surface area contributed by atoms with Gasteiger partial charge in [-0.25, -0.2) is 14.4 Å². The number of hydrogen-bond acceptors (Lipinski definition) is 8. The van der Waals surface area contributed by atoms with Gasteiger partial charge in [0.15, 0.2) is 5.41 Å². The molecule has 1 spiro atoms. The Morgan fingerprint density at radius 2 is 2.07 bits per heavy atom. The van der Waals surface area contributed by atoms with E-state index in [9.17, 15) is 14.4 Å². The first-order valence-electron chi connectivity index (χ1n) is 8.16. The molecular formula is C19H17BrN2O6. The summed E-state index contributed by atoms with van der Waals surface area (Å²) in [6.45, 7) is 4.86. The summed E-state index contributed by atoms with van der Waals surface area (Å²) in [5.74, 6) is -2.66. The number of fused-ring (bicyclic) bond motifs is 2. The average molecular weight is 449 g/mol. The summed E-state index contributed by atoms with van der Waals surface area (Å²) < 4.78 is 16.0. The zero-order chi connectivity index (χ0) is 20.6. The summed E-state index contributed by atoms with van der Waals surface area (Å²) in [4.78, 5) is 38.7. The van der Waals surface area contributed by atoms with Crippen LogP contribution in [0.4, 0.5) is 5.69 Å². The van der Waals surface area contributed by atoms with Crippen LogP contribution < -0.4 is 11.1 Å². The molecule has 0 aromatic heterocycles. The number of allylic oxidation sites excluding steroid dienone is 1. The molecule has 1 aromatic carbocycles. The Kier molecular flexibility index (Phi) is 5.03. The first-order valence-corrected chi connectivity index (χ1v) is 8.95. The van der Waals surface area contributed by atoms with Gasteiger partial charge in [0.25, 0.3) is 0 Å². The van der Waals surface area contributed by atoms with Crippen molar-refractivity contribution in [3.05, 3.63) is 63.6 Å². The van der Waals surface area contributed by atoms with Crippen molar-refractivity contribution in [2.24, 2.45) is 5.73 Å². The third-order valence-corrected chi connectivity index (χ3v) is 5.00. The first kappa shape index (κ1) is 19.7. The molecule has 8 nitrogen and oxygen atoms in total. The topological polar surface area (TPSA) is 117 Å². The minimum atomic E-state index is -1.93. The van der Waals surface area contributed by atoms with Crippen molar-refractivity contribution in [2.75, 3.05) is 19.0 Å². The van der Waals surface area contributed by atoms with Gasteiger partial charge in [-0.05, 0) is 25.1 Å². The monoisotopic (exact) mass is 448 g/mol. The highest BCUT2D eigenvalue weighted by molar-refractivity contribution is 9.10. The van der Waals surface area contributed by atoms with Gasteiger partial charge in [0.1, 0.15) is 29.3 Å². The highest BCUT2D eigenvalue weighted by atomic mass is 79.9. The van der Waals surface area contributed by atoms with Crippen molar-refractivity contribution in [3.63, 3.8) is 0 Å². The number of anilines is 1. The highest BCUT2D eigenvalue weighted by Crippen LogP contribution is 2.53. The van der Waals surface area contributed by atoms with Gasteiger partial charge < -0.3 is 25.3 Å². The van der Waals surface area contributed by atoms with E-state index in [0.29, 0.717) is 15.7 Å². The fourth-order valence-corrected chi connectivity index (χ4v) is 3.81. The van der Waals surface area contributed by atoms with Crippen LogP contribution in [0.2, 0.25) is 0 Å². The molecule has 146 valence electrons. The lowest BCUT2D eigenvalue weighted by Crippen LogP contribution is -2.47. The minimum absolute atomic E-state index is 0.0149. The molecule has 0 bridgehead atoms. The molecule has 28 heavy (non-hydrogen) atoms. The summed E-state index contributed by atoms with van der Waals surface area (Å²) in [5.41, 5.74) is 4.53. The predicted molar refractivity (Wildman–Crippen MR) is 103 cm³/mol. The standard InChI is InChI=1S/C19H17BrN2O6/c1-4-7-27-17(24)13-9(2)28-18(25)19(13)11-8-10(20)5-6-12(11)22-15(21)14(19)16(23)26-3/h4-6,8,22H,1,7,21H2,2-3H3. The van der Waals surface area contributed by atoms with E-state index in [2.05, 4.69) is 27.8 Å². The van der Waals surface area contributed by atoms with E-state index < -0.39 is 23.3 Å². The van der Waals surface area contributed by atoms with Crippen LogP contribution in [0.25, 0.3) is 0 Å². The van der Waals surface area contributed by atoms with Crippen LogP contribution in [0.3, 0.4) is 0 Å². The molecule has 0 saturated carbocycles. The van der Waals surface area contributed by atoms with Gasteiger partial charge in [0.05, 0.1) is 7.11 Å². The number of methoxy groups -OCH3 is 1. The van der Waals surface area contributed by atoms with Gasteiger partial charge in [0, 0.05) is 15.7 Å². The molecule has 0 radical (unpaired) electrons. The second-order valence-corrected chi connectivity index (χ2v) is 6.97. The lowest BCUT2D eigenvalue weighted by Gasteiger charge is -2.35. The Morgan fingerprint density at radius 3 is 2.71 bits per heavy atom. The van der Waals surface area contributed by atoms with Gasteiger partial charge in [0.2, 0.25) is 0 Å². The summed E-state index contributed by atoms with van der Waals surface area (Å²) in [6.07, 6.45) is 1.39. The van der Waals surface area contributed by atoms with E-state index in [4.69, 9.17) is 19.9 Å². The van der Waals surface area contributed by atoms with E-state index >= 15 is 0 Å². The second-order valence-electron chi connectivity index (χ2n) is 6.05. The number of nitrogens with one attached hydrogen (secondary N) is 1. The van der Waals surface area contributed by atoms with Crippen LogP contribution in [-0.2, 0) is 34.0 Å². The predicted octanol–water partition coefficient (Wildman–Crippen LogP) is 2.02. The smallest absolute Gasteiger partial charge is 0.339 e. The second kappa shape index (κ2) is 7.16. The average Bonchev–Trinajstić information content (AvgIpc) is 2.91. The van der Waals surface area contributed by atoms with E-state index in [1.807, 2.05) is 0 Å². The molecule has 9 heteroatoms. The van der Waals surface area contributed by atoms with Crippen molar-refractivity contribution in [1.29, 1.82) is 0 Å². The number of nitrogens with two attached hydrogens (primary N) is 1. The quantitative estimate of drug-likeness (QED) is 0.408. The minimum Gasteiger partial charge on any atom is -0.466 e. The van der Waals surface area contributed by atoms with Crippen LogP contribution in [0.15, 0.2) is 58.1 Å². The van der Waals surface area contributed by atoms with Crippen LogP contribution in [-0.4, -0.2) is 31.6 Å².